The number of nitrogens with zero attached hydrogens (tertiary/aromatic N) is 2. The summed E-state index contributed by atoms with van der Waals surface area (Å²) in [4.78, 5) is 29.1. The van der Waals surface area contributed by atoms with Gasteiger partial charge in [0.25, 0.3) is 5.91 Å². The zero-order valence-electron chi connectivity index (χ0n) is 14.2. The van der Waals surface area contributed by atoms with Crippen molar-refractivity contribution < 1.29 is 19.4 Å². The van der Waals surface area contributed by atoms with Crippen LogP contribution in [0.4, 0.5) is 0 Å². The maximum absolute atomic E-state index is 12.5. The quantitative estimate of drug-likeness (QED) is 0.904. The summed E-state index contributed by atoms with van der Waals surface area (Å²) < 4.78 is 5.51. The van der Waals surface area contributed by atoms with E-state index in [0.717, 1.165) is 28.9 Å². The van der Waals surface area contributed by atoms with E-state index in [4.69, 9.17) is 9.84 Å². The number of carbonyl (C=O) groups is 2. The molecule has 25 heavy (non-hydrogen) atoms. The van der Waals surface area contributed by atoms with Crippen LogP contribution in [0.2, 0.25) is 0 Å². The molecule has 1 N–H and O–H groups in total. The summed E-state index contributed by atoms with van der Waals surface area (Å²) in [5, 5.41) is 8.99. The summed E-state index contributed by atoms with van der Waals surface area (Å²) in [6, 6.07) is 7.73. The van der Waals surface area contributed by atoms with Gasteiger partial charge in [-0.15, -0.1) is 0 Å². The number of carbonyl (C=O) groups excluding carboxylic acids is 1. The molecule has 1 aliphatic rings. The number of hydrogen-bond acceptors (Lipinski definition) is 4. The number of carboxylic acids is 1. The molecule has 1 atom stereocenters. The van der Waals surface area contributed by atoms with Gasteiger partial charge in [-0.3, -0.25) is 14.6 Å². The predicted molar refractivity (Wildman–Crippen MR) is 92.6 cm³/mol. The zero-order chi connectivity index (χ0) is 18.0. The van der Waals surface area contributed by atoms with Gasteiger partial charge >= 0.3 is 5.97 Å². The van der Waals surface area contributed by atoms with Crippen molar-refractivity contribution in [3.8, 4) is 16.9 Å². The molecule has 2 aromatic rings. The lowest BCUT2D eigenvalue weighted by Gasteiger charge is -2.19. The highest BCUT2D eigenvalue weighted by Gasteiger charge is 2.19. The van der Waals surface area contributed by atoms with Gasteiger partial charge in [0.05, 0.1) is 18.1 Å². The van der Waals surface area contributed by atoms with Gasteiger partial charge in [-0.05, 0) is 29.3 Å². The molecule has 1 aromatic heterocycles. The number of aliphatic carboxylic acids is 1. The van der Waals surface area contributed by atoms with Crippen molar-refractivity contribution in [3.05, 3.63) is 47.8 Å². The van der Waals surface area contributed by atoms with E-state index in [1.807, 2.05) is 12.1 Å². The van der Waals surface area contributed by atoms with Crippen LogP contribution in [0.1, 0.15) is 22.8 Å². The molecule has 1 amide bonds. The van der Waals surface area contributed by atoms with Gasteiger partial charge in [-0.1, -0.05) is 13.0 Å². The molecule has 0 bridgehead atoms. The van der Waals surface area contributed by atoms with E-state index in [1.54, 1.807) is 26.2 Å². The SMILES string of the molecule is CC(CN(C)C(=O)c1cncc(-c2ccc3c(c2)CCO3)c1)C(=O)O. The Morgan fingerprint density at radius 3 is 2.84 bits per heavy atom. The molecule has 1 aliphatic heterocycles. The summed E-state index contributed by atoms with van der Waals surface area (Å²) in [7, 11) is 1.60. The maximum Gasteiger partial charge on any atom is 0.308 e. The Morgan fingerprint density at radius 1 is 1.28 bits per heavy atom. The highest BCUT2D eigenvalue weighted by atomic mass is 16.5. The Balaban J connectivity index is 1.81. The van der Waals surface area contributed by atoms with Crippen LogP contribution in [-0.2, 0) is 11.2 Å². The number of amides is 1. The van der Waals surface area contributed by atoms with Crippen molar-refractivity contribution in [2.75, 3.05) is 20.2 Å². The molecule has 2 heterocycles. The molecule has 0 fully saturated rings. The minimum atomic E-state index is -0.924. The van der Waals surface area contributed by atoms with E-state index in [9.17, 15) is 9.59 Å². The van der Waals surface area contributed by atoms with E-state index in [1.165, 1.54) is 11.1 Å². The Bertz CT molecular complexity index is 819. The smallest absolute Gasteiger partial charge is 0.308 e. The molecular formula is C19H20N2O4. The molecule has 1 aromatic carbocycles. The lowest BCUT2D eigenvalue weighted by molar-refractivity contribution is -0.141. The van der Waals surface area contributed by atoms with E-state index >= 15 is 0 Å². The number of hydrogen-bond donors (Lipinski definition) is 1. The van der Waals surface area contributed by atoms with Crippen LogP contribution in [0, 0.1) is 5.92 Å². The summed E-state index contributed by atoms with van der Waals surface area (Å²) in [5.74, 6) is -0.882. The Hall–Kier alpha value is -2.89. The van der Waals surface area contributed by atoms with Crippen LogP contribution in [0.3, 0.4) is 0 Å². The number of pyridine rings is 1. The van der Waals surface area contributed by atoms with E-state index < -0.39 is 11.9 Å². The molecular weight excluding hydrogens is 320 g/mol. The van der Waals surface area contributed by atoms with Crippen LogP contribution in [-0.4, -0.2) is 47.1 Å². The topological polar surface area (TPSA) is 79.7 Å². The minimum absolute atomic E-state index is 0.147. The molecule has 130 valence electrons. The van der Waals surface area contributed by atoms with Crippen LogP contribution in [0.25, 0.3) is 11.1 Å². The average molecular weight is 340 g/mol. The summed E-state index contributed by atoms with van der Waals surface area (Å²) in [6.07, 6.45) is 4.10. The van der Waals surface area contributed by atoms with Crippen LogP contribution < -0.4 is 4.74 Å². The van der Waals surface area contributed by atoms with E-state index in [2.05, 4.69) is 11.1 Å². The third-order valence-electron chi connectivity index (χ3n) is 4.32. The Kier molecular flexibility index (Phi) is 4.70. The van der Waals surface area contributed by atoms with Crippen molar-refractivity contribution in [2.24, 2.45) is 5.92 Å². The molecule has 6 nitrogen and oxygen atoms in total. The number of carboxylic acid groups (broad SMARTS) is 1. The largest absolute Gasteiger partial charge is 0.493 e. The van der Waals surface area contributed by atoms with Crippen molar-refractivity contribution >= 4 is 11.9 Å². The molecule has 0 radical (unpaired) electrons. The van der Waals surface area contributed by atoms with Crippen LogP contribution in [0.5, 0.6) is 5.75 Å². The van der Waals surface area contributed by atoms with Gasteiger partial charge in [-0.2, -0.15) is 0 Å². The number of fused-ring (bicyclic) bond motifs is 1. The molecule has 3 rings (SSSR count). The maximum atomic E-state index is 12.5. The number of ether oxygens (including phenoxy) is 1. The monoisotopic (exact) mass is 340 g/mol. The standard InChI is InChI=1S/C19H20N2O4/c1-12(19(23)24)11-21(2)18(22)16-8-15(9-20-10-16)13-3-4-17-14(7-13)5-6-25-17/h3-4,7-10,12H,5-6,11H2,1-2H3,(H,23,24). The third kappa shape index (κ3) is 3.63. The second-order valence-electron chi connectivity index (χ2n) is 6.31. The van der Waals surface area contributed by atoms with Gasteiger partial charge in [0.1, 0.15) is 5.75 Å². The van der Waals surface area contributed by atoms with Crippen molar-refractivity contribution in [3.63, 3.8) is 0 Å². The van der Waals surface area contributed by atoms with E-state index in [0.29, 0.717) is 12.2 Å². The van der Waals surface area contributed by atoms with Gasteiger partial charge in [0.15, 0.2) is 0 Å². The number of benzene rings is 1. The molecule has 0 aliphatic carbocycles. The lowest BCUT2D eigenvalue weighted by atomic mass is 10.0. The fraction of sp³-hybridized carbons (Fsp3) is 0.316. The number of rotatable bonds is 5. The average Bonchev–Trinajstić information content (AvgIpc) is 3.08. The Labute approximate surface area is 146 Å². The first-order valence-electron chi connectivity index (χ1n) is 8.15. The number of aromatic nitrogens is 1. The van der Waals surface area contributed by atoms with Crippen molar-refractivity contribution in [1.82, 2.24) is 9.88 Å². The van der Waals surface area contributed by atoms with Gasteiger partial charge in [0, 0.05) is 38.0 Å². The molecule has 0 saturated heterocycles. The molecule has 0 saturated carbocycles. The first-order valence-corrected chi connectivity index (χ1v) is 8.15. The van der Waals surface area contributed by atoms with Crippen molar-refractivity contribution in [2.45, 2.75) is 13.3 Å². The lowest BCUT2D eigenvalue weighted by Crippen LogP contribution is -2.33. The summed E-state index contributed by atoms with van der Waals surface area (Å²) in [5.41, 5.74) is 3.42. The van der Waals surface area contributed by atoms with Gasteiger partial charge in [0.2, 0.25) is 0 Å². The molecule has 6 heteroatoms. The minimum Gasteiger partial charge on any atom is -0.493 e. The van der Waals surface area contributed by atoms with E-state index in [-0.39, 0.29) is 12.5 Å². The highest BCUT2D eigenvalue weighted by molar-refractivity contribution is 5.95. The van der Waals surface area contributed by atoms with Crippen LogP contribution >= 0.6 is 0 Å². The van der Waals surface area contributed by atoms with Gasteiger partial charge < -0.3 is 14.7 Å². The zero-order valence-corrected chi connectivity index (χ0v) is 14.2. The first-order chi connectivity index (χ1) is 12.0. The summed E-state index contributed by atoms with van der Waals surface area (Å²) >= 11 is 0. The third-order valence-corrected chi connectivity index (χ3v) is 4.32. The Morgan fingerprint density at radius 2 is 2.08 bits per heavy atom. The fourth-order valence-corrected chi connectivity index (χ4v) is 2.87. The van der Waals surface area contributed by atoms with Gasteiger partial charge in [-0.25, -0.2) is 0 Å². The second-order valence-corrected chi connectivity index (χ2v) is 6.31. The predicted octanol–water partition coefficient (Wildman–Crippen LogP) is 2.48. The molecule has 1 unspecified atom stereocenters. The highest BCUT2D eigenvalue weighted by Crippen LogP contribution is 2.30. The second kappa shape index (κ2) is 6.93. The fourth-order valence-electron chi connectivity index (χ4n) is 2.87. The summed E-state index contributed by atoms with van der Waals surface area (Å²) in [6.45, 7) is 2.42. The van der Waals surface area contributed by atoms with Crippen LogP contribution in [0.15, 0.2) is 36.7 Å². The first kappa shape index (κ1) is 17.0. The molecule has 0 spiro atoms. The normalized spacial score (nSPS) is 13.7. The van der Waals surface area contributed by atoms with Crippen molar-refractivity contribution in [1.29, 1.82) is 0 Å².